The molecule has 0 saturated heterocycles. The average Bonchev–Trinajstić information content (AvgIpc) is 3.11. The molecule has 0 radical (unpaired) electrons. The van der Waals surface area contributed by atoms with Gasteiger partial charge in [-0.1, -0.05) is 65.7 Å². The molecule has 1 aliphatic carbocycles. The Hall–Kier alpha value is -4.67. The molecule has 49 heavy (non-hydrogen) atoms. The number of carbonyl (C=O) groups excluding carboxylic acids is 2. The van der Waals surface area contributed by atoms with E-state index in [1.807, 2.05) is 42.5 Å². The summed E-state index contributed by atoms with van der Waals surface area (Å²) in [6.07, 6.45) is 7.77. The molecule has 8 nitrogen and oxygen atoms in total. The monoisotopic (exact) mass is 703 g/mol. The van der Waals surface area contributed by atoms with E-state index in [2.05, 4.69) is 16.1 Å². The van der Waals surface area contributed by atoms with Gasteiger partial charge in [-0.15, -0.1) is 0 Å². The molecule has 2 N–H and O–H groups in total. The van der Waals surface area contributed by atoms with Crippen LogP contribution in [0.5, 0.6) is 5.75 Å². The van der Waals surface area contributed by atoms with Crippen molar-refractivity contribution < 1.29 is 27.1 Å². The molecule has 1 aliphatic rings. The number of rotatable bonds is 15. The highest BCUT2D eigenvalue weighted by Crippen LogP contribution is 2.22. The topological polar surface area (TPSA) is 105 Å². The van der Waals surface area contributed by atoms with Gasteiger partial charge >= 0.3 is 0 Å². The Balaban J connectivity index is 1.32. The molecule has 0 saturated carbocycles. The van der Waals surface area contributed by atoms with Crippen molar-refractivity contribution in [2.45, 2.75) is 56.0 Å². The Labute approximate surface area is 292 Å². The number of halogens is 2. The maximum absolute atomic E-state index is 14.0. The second kappa shape index (κ2) is 17.1. The zero-order chi connectivity index (χ0) is 34.6. The first-order chi connectivity index (χ1) is 23.7. The van der Waals surface area contributed by atoms with Gasteiger partial charge in [0.15, 0.2) is 6.61 Å². The number of hydrogen-bond donors (Lipinski definition) is 2. The number of sulfonamides is 1. The van der Waals surface area contributed by atoms with Gasteiger partial charge in [-0.3, -0.25) is 14.3 Å². The van der Waals surface area contributed by atoms with Gasteiger partial charge < -0.3 is 15.0 Å². The van der Waals surface area contributed by atoms with E-state index < -0.39 is 27.8 Å². The quantitative estimate of drug-likeness (QED) is 0.127. The molecule has 4 aromatic carbocycles. The highest BCUT2D eigenvalue weighted by atomic mass is 35.5. The number of ether oxygens (including phenoxy) is 1. The maximum Gasteiger partial charge on any atom is 0.261 e. The summed E-state index contributed by atoms with van der Waals surface area (Å²) in [6, 6.07) is 26.4. The van der Waals surface area contributed by atoms with Gasteiger partial charge in [-0.05, 0) is 104 Å². The van der Waals surface area contributed by atoms with Crippen molar-refractivity contribution in [3.8, 4) is 5.75 Å². The number of nitrogens with zero attached hydrogens (tertiary/aromatic N) is 1. The number of amides is 2. The van der Waals surface area contributed by atoms with E-state index in [0.29, 0.717) is 18.0 Å². The lowest BCUT2D eigenvalue weighted by Gasteiger charge is -2.31. The van der Waals surface area contributed by atoms with E-state index in [1.54, 1.807) is 12.1 Å². The SMILES string of the molecule is O=C(NCCC1=CCCCC1)[C@H](Cc1ccccc1)N(Cc1ccc(Cl)cc1)C(=O)COc1ccc(S(=O)(=O)Nc2ccc(F)cc2)cc1. The van der Waals surface area contributed by atoms with E-state index in [0.717, 1.165) is 48.9 Å². The van der Waals surface area contributed by atoms with Gasteiger partial charge in [-0.25, -0.2) is 12.8 Å². The maximum atomic E-state index is 14.0. The summed E-state index contributed by atoms with van der Waals surface area (Å²) in [7, 11) is -3.95. The molecular weight excluding hydrogens is 665 g/mol. The Bertz CT molecular complexity index is 1840. The lowest BCUT2D eigenvalue weighted by Crippen LogP contribution is -2.51. The van der Waals surface area contributed by atoms with Crippen LogP contribution in [0.1, 0.15) is 43.2 Å². The molecule has 0 aliphatic heterocycles. The second-order valence-electron chi connectivity index (χ2n) is 11.9. The van der Waals surface area contributed by atoms with Crippen molar-refractivity contribution in [3.05, 3.63) is 137 Å². The van der Waals surface area contributed by atoms with Gasteiger partial charge in [0.05, 0.1) is 4.90 Å². The Morgan fingerprint density at radius 2 is 1.59 bits per heavy atom. The van der Waals surface area contributed by atoms with Crippen LogP contribution in [0.3, 0.4) is 0 Å². The third kappa shape index (κ3) is 10.7. The van der Waals surface area contributed by atoms with E-state index in [4.69, 9.17) is 16.3 Å². The van der Waals surface area contributed by atoms with Gasteiger partial charge in [0.25, 0.3) is 15.9 Å². The molecule has 256 valence electrons. The van der Waals surface area contributed by atoms with Gasteiger partial charge in [0, 0.05) is 30.2 Å². The predicted octanol–water partition coefficient (Wildman–Crippen LogP) is 7.31. The molecule has 0 bridgehead atoms. The fraction of sp³-hybridized carbons (Fsp3) is 0.263. The summed E-state index contributed by atoms with van der Waals surface area (Å²) < 4.78 is 47.2. The van der Waals surface area contributed by atoms with Crippen LogP contribution >= 0.6 is 11.6 Å². The number of hydrogen-bond acceptors (Lipinski definition) is 5. The fourth-order valence-electron chi connectivity index (χ4n) is 5.61. The van der Waals surface area contributed by atoms with Crippen molar-refractivity contribution in [2.75, 3.05) is 17.9 Å². The number of anilines is 1. The lowest BCUT2D eigenvalue weighted by atomic mass is 9.97. The fourth-order valence-corrected chi connectivity index (χ4v) is 6.80. The van der Waals surface area contributed by atoms with Crippen molar-refractivity contribution in [3.63, 3.8) is 0 Å². The molecule has 0 spiro atoms. The van der Waals surface area contributed by atoms with Crippen molar-refractivity contribution in [1.82, 2.24) is 10.2 Å². The molecule has 1 atom stereocenters. The standard InChI is InChI=1S/C38H39ClFN3O5S/c39-31-13-11-30(12-14-31)26-43(36(25-29-9-5-2-6-10-29)38(45)41-24-23-28-7-3-1-4-8-28)37(44)27-48-34-19-21-35(22-20-34)49(46,47)42-33-17-15-32(40)16-18-33/h2,5-7,9-22,36,42H,1,3-4,8,23-27H2,(H,41,45)/t36-/m0/s1. The first kappa shape index (κ1) is 35.6. The number of benzene rings is 4. The number of carbonyl (C=O) groups is 2. The summed E-state index contributed by atoms with van der Waals surface area (Å²) in [6.45, 7) is 0.224. The summed E-state index contributed by atoms with van der Waals surface area (Å²) in [5, 5.41) is 3.63. The molecule has 11 heteroatoms. The third-order valence-electron chi connectivity index (χ3n) is 8.26. The zero-order valence-electron chi connectivity index (χ0n) is 27.0. The van der Waals surface area contributed by atoms with Gasteiger partial charge in [0.1, 0.15) is 17.6 Å². The minimum atomic E-state index is -3.95. The highest BCUT2D eigenvalue weighted by molar-refractivity contribution is 7.92. The lowest BCUT2D eigenvalue weighted by molar-refractivity contribution is -0.142. The predicted molar refractivity (Wildman–Crippen MR) is 189 cm³/mol. The van der Waals surface area contributed by atoms with Crippen molar-refractivity contribution in [2.24, 2.45) is 0 Å². The zero-order valence-corrected chi connectivity index (χ0v) is 28.6. The Kier molecular flexibility index (Phi) is 12.5. The minimum absolute atomic E-state index is 0.0385. The van der Waals surface area contributed by atoms with Crippen LogP contribution in [0.2, 0.25) is 5.02 Å². The number of allylic oxidation sites excluding steroid dienone is 1. The average molecular weight is 704 g/mol. The van der Waals surface area contributed by atoms with E-state index in [1.165, 1.54) is 53.3 Å². The first-order valence-electron chi connectivity index (χ1n) is 16.2. The minimum Gasteiger partial charge on any atom is -0.484 e. The summed E-state index contributed by atoms with van der Waals surface area (Å²) >= 11 is 6.13. The highest BCUT2D eigenvalue weighted by Gasteiger charge is 2.31. The van der Waals surface area contributed by atoms with Gasteiger partial charge in [-0.2, -0.15) is 0 Å². The van der Waals surface area contributed by atoms with Crippen LogP contribution in [0.25, 0.3) is 0 Å². The van der Waals surface area contributed by atoms with Gasteiger partial charge in [0.2, 0.25) is 5.91 Å². The van der Waals surface area contributed by atoms with Crippen LogP contribution in [-0.2, 0) is 32.6 Å². The molecular formula is C38H39ClFN3O5S. The molecule has 2 amide bonds. The van der Waals surface area contributed by atoms with Crippen LogP contribution in [0.4, 0.5) is 10.1 Å². The second-order valence-corrected chi connectivity index (χ2v) is 14.0. The van der Waals surface area contributed by atoms with Crippen molar-refractivity contribution >= 4 is 39.1 Å². The third-order valence-corrected chi connectivity index (χ3v) is 9.91. The molecule has 0 fully saturated rings. The van der Waals surface area contributed by atoms with E-state index in [9.17, 15) is 22.4 Å². The van der Waals surface area contributed by atoms with Crippen LogP contribution in [-0.4, -0.2) is 44.3 Å². The largest absolute Gasteiger partial charge is 0.484 e. The normalized spacial score (nSPS) is 13.6. The van der Waals surface area contributed by atoms with Crippen LogP contribution in [0.15, 0.2) is 120 Å². The molecule has 4 aromatic rings. The Morgan fingerprint density at radius 1 is 0.878 bits per heavy atom. The van der Waals surface area contributed by atoms with E-state index >= 15 is 0 Å². The molecule has 0 aromatic heterocycles. The summed E-state index contributed by atoms with van der Waals surface area (Å²) in [4.78, 5) is 29.3. The van der Waals surface area contributed by atoms with Crippen molar-refractivity contribution in [1.29, 1.82) is 0 Å². The Morgan fingerprint density at radius 3 is 2.27 bits per heavy atom. The molecule has 0 unspecified atom stereocenters. The smallest absolute Gasteiger partial charge is 0.261 e. The summed E-state index contributed by atoms with van der Waals surface area (Å²) in [5.74, 6) is -0.892. The summed E-state index contributed by atoms with van der Waals surface area (Å²) in [5.41, 5.74) is 3.25. The molecule has 5 rings (SSSR count). The molecule has 0 heterocycles. The van der Waals surface area contributed by atoms with E-state index in [-0.39, 0.29) is 35.4 Å². The first-order valence-corrected chi connectivity index (χ1v) is 18.1. The number of nitrogens with one attached hydrogen (secondary N) is 2. The van der Waals surface area contributed by atoms with Crippen LogP contribution < -0.4 is 14.8 Å². The van der Waals surface area contributed by atoms with Crippen LogP contribution in [0, 0.1) is 5.82 Å².